The van der Waals surface area contributed by atoms with Gasteiger partial charge in [-0.25, -0.2) is 0 Å². The van der Waals surface area contributed by atoms with Crippen LogP contribution in [0.5, 0.6) is 0 Å². The van der Waals surface area contributed by atoms with Crippen molar-refractivity contribution in [2.24, 2.45) is 16.7 Å². The maximum atomic E-state index is 12.6. The molecule has 1 aliphatic heterocycles. The Labute approximate surface area is 173 Å². The average Bonchev–Trinajstić information content (AvgIpc) is 3.17. The van der Waals surface area contributed by atoms with E-state index in [0.717, 1.165) is 50.0 Å². The van der Waals surface area contributed by atoms with Gasteiger partial charge in [-0.15, -0.1) is 0 Å². The third-order valence-electron chi connectivity index (χ3n) is 8.07. The Balaban J connectivity index is 1.07. The van der Waals surface area contributed by atoms with Crippen molar-refractivity contribution in [3.8, 4) is 0 Å². The molecule has 1 unspecified atom stereocenters. The van der Waals surface area contributed by atoms with Crippen molar-refractivity contribution in [1.82, 2.24) is 15.2 Å². The van der Waals surface area contributed by atoms with Crippen LogP contribution in [0.25, 0.3) is 6.08 Å². The molecule has 1 aromatic heterocycles. The van der Waals surface area contributed by atoms with Gasteiger partial charge in [0.25, 0.3) is 0 Å². The lowest BCUT2D eigenvalue weighted by atomic mass is 9.68. The lowest BCUT2D eigenvalue weighted by Gasteiger charge is -2.40. The van der Waals surface area contributed by atoms with Gasteiger partial charge in [-0.1, -0.05) is 13.3 Å². The third-order valence-corrected chi connectivity index (χ3v) is 8.07. The van der Waals surface area contributed by atoms with Crippen molar-refractivity contribution in [2.75, 3.05) is 19.6 Å². The van der Waals surface area contributed by atoms with Crippen molar-refractivity contribution < 1.29 is 9.59 Å². The number of hydrogen-bond acceptors (Lipinski definition) is 3. The normalized spacial score (nSPS) is 25.8. The Hall–Kier alpha value is -2.17. The molecule has 3 aliphatic carbocycles. The molecular formula is C24H31N3O2. The fraction of sp³-hybridized carbons (Fsp3) is 0.625. The van der Waals surface area contributed by atoms with E-state index in [4.69, 9.17) is 0 Å². The molecule has 0 radical (unpaired) electrons. The highest BCUT2D eigenvalue weighted by molar-refractivity contribution is 6.00. The van der Waals surface area contributed by atoms with Gasteiger partial charge < -0.3 is 10.2 Å². The summed E-state index contributed by atoms with van der Waals surface area (Å²) in [5.74, 6) is 0.985. The summed E-state index contributed by atoms with van der Waals surface area (Å²) in [6, 6.07) is 1.99. The number of amides is 2. The van der Waals surface area contributed by atoms with Crippen LogP contribution >= 0.6 is 0 Å². The number of aromatic nitrogens is 1. The number of nitrogens with one attached hydrogen (secondary N) is 1. The van der Waals surface area contributed by atoms with Crippen LogP contribution < -0.4 is 5.32 Å². The van der Waals surface area contributed by atoms with E-state index >= 15 is 0 Å². The summed E-state index contributed by atoms with van der Waals surface area (Å²) in [7, 11) is 0. The van der Waals surface area contributed by atoms with Crippen molar-refractivity contribution in [3.63, 3.8) is 0 Å². The second-order valence-electron chi connectivity index (χ2n) is 10.1. The number of rotatable bonds is 5. The van der Waals surface area contributed by atoms with Gasteiger partial charge in [-0.3, -0.25) is 14.6 Å². The number of fused-ring (bicyclic) bond motifs is 1. The summed E-state index contributed by atoms with van der Waals surface area (Å²) in [4.78, 5) is 31.4. The average molecular weight is 394 g/mol. The van der Waals surface area contributed by atoms with Crippen LogP contribution in [0, 0.1) is 16.7 Å². The van der Waals surface area contributed by atoms with E-state index in [0.29, 0.717) is 23.7 Å². The molecule has 5 nitrogen and oxygen atoms in total. The van der Waals surface area contributed by atoms with E-state index in [2.05, 4.69) is 22.1 Å². The van der Waals surface area contributed by atoms with Crippen LogP contribution in [0.15, 0.2) is 24.0 Å². The second-order valence-corrected chi connectivity index (χ2v) is 10.1. The molecule has 1 N–H and O–H groups in total. The highest BCUT2D eigenvalue weighted by Gasteiger charge is 2.55. The van der Waals surface area contributed by atoms with Crippen LogP contribution in [-0.4, -0.2) is 41.3 Å². The Morgan fingerprint density at radius 3 is 2.72 bits per heavy atom. The van der Waals surface area contributed by atoms with E-state index < -0.39 is 0 Å². The minimum Gasteiger partial charge on any atom is -0.352 e. The van der Waals surface area contributed by atoms with E-state index in [-0.39, 0.29) is 11.3 Å². The van der Waals surface area contributed by atoms with E-state index in [1.165, 1.54) is 31.2 Å². The minimum atomic E-state index is 0.0598. The monoisotopic (exact) mass is 393 g/mol. The first-order valence-corrected chi connectivity index (χ1v) is 11.2. The molecule has 154 valence electrons. The Bertz CT molecular complexity index is 863. The number of piperidine rings is 1. The van der Waals surface area contributed by atoms with Crippen molar-refractivity contribution >= 4 is 17.9 Å². The summed E-state index contributed by atoms with van der Waals surface area (Å²) in [5, 5.41) is 3.17. The number of carbonyl (C=O) groups is 2. The number of carbonyl (C=O) groups excluding carboxylic acids is 2. The van der Waals surface area contributed by atoms with Gasteiger partial charge in [0.15, 0.2) is 0 Å². The first-order valence-electron chi connectivity index (χ1n) is 11.2. The molecule has 0 bridgehead atoms. The Kier molecular flexibility index (Phi) is 4.52. The predicted molar refractivity (Wildman–Crippen MR) is 112 cm³/mol. The lowest BCUT2D eigenvalue weighted by molar-refractivity contribution is -0.136. The number of likely N-dealkylation sites (tertiary alicyclic amines) is 1. The molecule has 2 amide bonds. The molecule has 3 fully saturated rings. The molecule has 1 atom stereocenters. The zero-order valence-electron chi connectivity index (χ0n) is 17.4. The zero-order chi connectivity index (χ0) is 20.1. The predicted octanol–water partition coefficient (Wildman–Crippen LogP) is 3.35. The van der Waals surface area contributed by atoms with Gasteiger partial charge >= 0.3 is 0 Å². The quantitative estimate of drug-likeness (QED) is 0.834. The summed E-state index contributed by atoms with van der Waals surface area (Å²) < 4.78 is 0. The van der Waals surface area contributed by atoms with Gasteiger partial charge in [-0.2, -0.15) is 0 Å². The zero-order valence-corrected chi connectivity index (χ0v) is 17.4. The van der Waals surface area contributed by atoms with Crippen molar-refractivity contribution in [1.29, 1.82) is 0 Å². The van der Waals surface area contributed by atoms with E-state index in [1.807, 2.05) is 18.3 Å². The van der Waals surface area contributed by atoms with Gasteiger partial charge in [-0.05, 0) is 72.1 Å². The molecular weight excluding hydrogens is 362 g/mol. The van der Waals surface area contributed by atoms with Crippen LogP contribution in [-0.2, 0) is 16.0 Å². The van der Waals surface area contributed by atoms with Crippen LogP contribution in [0.3, 0.4) is 0 Å². The molecule has 29 heavy (non-hydrogen) atoms. The Morgan fingerprint density at radius 2 is 2.03 bits per heavy atom. The lowest BCUT2D eigenvalue weighted by Crippen LogP contribution is -2.43. The highest BCUT2D eigenvalue weighted by Crippen LogP contribution is 2.59. The van der Waals surface area contributed by atoms with Crippen LogP contribution in [0.2, 0.25) is 0 Å². The number of pyridine rings is 1. The molecule has 1 spiro atoms. The maximum absolute atomic E-state index is 12.6. The summed E-state index contributed by atoms with van der Waals surface area (Å²) in [6.45, 7) is 4.81. The number of nitrogens with zero attached hydrogens (tertiary/aromatic N) is 2. The van der Waals surface area contributed by atoms with Crippen molar-refractivity contribution in [2.45, 2.75) is 58.3 Å². The van der Waals surface area contributed by atoms with E-state index in [9.17, 15) is 9.59 Å². The molecule has 4 aliphatic rings. The summed E-state index contributed by atoms with van der Waals surface area (Å²) >= 11 is 0. The van der Waals surface area contributed by atoms with E-state index in [1.54, 1.807) is 6.20 Å². The first kappa shape index (κ1) is 18.8. The summed E-state index contributed by atoms with van der Waals surface area (Å²) in [6.07, 6.45) is 14.1. The highest BCUT2D eigenvalue weighted by atomic mass is 16.2. The van der Waals surface area contributed by atoms with Crippen LogP contribution in [0.1, 0.15) is 63.0 Å². The topological polar surface area (TPSA) is 62.3 Å². The van der Waals surface area contributed by atoms with Gasteiger partial charge in [0.2, 0.25) is 11.8 Å². The molecule has 2 saturated carbocycles. The molecule has 2 heterocycles. The molecule has 5 heteroatoms. The molecule has 1 saturated heterocycles. The second kappa shape index (κ2) is 6.96. The van der Waals surface area contributed by atoms with Crippen LogP contribution in [0.4, 0.5) is 0 Å². The first-order chi connectivity index (χ1) is 14.0. The Morgan fingerprint density at radius 1 is 1.24 bits per heavy atom. The molecule has 5 rings (SSSR count). The smallest absolute Gasteiger partial charge is 0.247 e. The fourth-order valence-corrected chi connectivity index (χ4v) is 5.61. The maximum Gasteiger partial charge on any atom is 0.247 e. The molecule has 1 aromatic rings. The third kappa shape index (κ3) is 3.60. The number of hydrogen-bond donors (Lipinski definition) is 1. The fourth-order valence-electron chi connectivity index (χ4n) is 5.61. The molecule has 0 aromatic carbocycles. The standard InChI is InChI=1S/C24H31N3O2/c1-23(4-2-5-23)14-21(28)27-9-6-24(7-10-27)13-20(24)16-26-22(29)18-11-17-3-8-25-15-19(17)12-18/h3,8,12,15,20H,2,4-7,9-11,13-14,16H2,1H3,(H,26,29). The summed E-state index contributed by atoms with van der Waals surface area (Å²) in [5.41, 5.74) is 3.71. The largest absolute Gasteiger partial charge is 0.352 e. The van der Waals surface area contributed by atoms with Gasteiger partial charge in [0.1, 0.15) is 0 Å². The minimum absolute atomic E-state index is 0.0598. The van der Waals surface area contributed by atoms with Gasteiger partial charge in [0, 0.05) is 50.4 Å². The van der Waals surface area contributed by atoms with Crippen molar-refractivity contribution in [3.05, 3.63) is 35.2 Å². The van der Waals surface area contributed by atoms with Gasteiger partial charge in [0.05, 0.1) is 0 Å². The SMILES string of the molecule is CC1(CC(=O)N2CCC3(CC2)CC3CNC(=O)C2=Cc3cnccc3C2)CCC1.